The van der Waals surface area contributed by atoms with E-state index < -0.39 is 0 Å². The van der Waals surface area contributed by atoms with Crippen LogP contribution in [0.2, 0.25) is 0 Å². The predicted octanol–water partition coefficient (Wildman–Crippen LogP) is 4.22. The summed E-state index contributed by atoms with van der Waals surface area (Å²) in [5.41, 5.74) is 6.01. The van der Waals surface area contributed by atoms with Crippen LogP contribution in [0.5, 0.6) is 0 Å². The van der Waals surface area contributed by atoms with E-state index in [1.165, 1.54) is 22.3 Å². The lowest BCUT2D eigenvalue weighted by molar-refractivity contribution is 0.193. The minimum atomic E-state index is 0.197. The second-order valence-electron chi connectivity index (χ2n) is 6.42. The standard InChI is InChI=1S/C18H21N3OS/c1-11-6-15-17(7-12(11)2)21(10-19-15)13(3)18-20-16(9-23-18)14-4-5-22-8-14/h6-7,9-10,13-14H,4-5,8H2,1-3H3/t13-,14-/m1/s1. The number of ether oxygens (including phenoxy) is 1. The van der Waals surface area contributed by atoms with Gasteiger partial charge in [0.05, 0.1) is 35.7 Å². The molecule has 0 aliphatic carbocycles. The van der Waals surface area contributed by atoms with Gasteiger partial charge in [-0.05, 0) is 50.5 Å². The van der Waals surface area contributed by atoms with Crippen LogP contribution in [-0.4, -0.2) is 27.7 Å². The van der Waals surface area contributed by atoms with Crippen molar-refractivity contribution in [3.63, 3.8) is 0 Å². The first-order valence-electron chi connectivity index (χ1n) is 8.10. The molecule has 2 aromatic heterocycles. The number of aromatic nitrogens is 3. The number of thiazole rings is 1. The molecule has 0 amide bonds. The molecule has 3 aromatic rings. The molecule has 23 heavy (non-hydrogen) atoms. The van der Waals surface area contributed by atoms with Crippen molar-refractivity contribution in [3.05, 3.63) is 45.7 Å². The molecule has 0 saturated carbocycles. The second kappa shape index (κ2) is 5.73. The minimum Gasteiger partial charge on any atom is -0.381 e. The van der Waals surface area contributed by atoms with Crippen LogP contribution < -0.4 is 0 Å². The maximum absolute atomic E-state index is 5.48. The Kier molecular flexibility index (Phi) is 3.70. The maximum atomic E-state index is 5.48. The van der Waals surface area contributed by atoms with Gasteiger partial charge in [0, 0.05) is 17.9 Å². The molecule has 4 nitrogen and oxygen atoms in total. The second-order valence-corrected chi connectivity index (χ2v) is 7.31. The first-order valence-corrected chi connectivity index (χ1v) is 8.98. The minimum absolute atomic E-state index is 0.197. The van der Waals surface area contributed by atoms with Gasteiger partial charge >= 0.3 is 0 Å². The molecule has 1 aliphatic heterocycles. The van der Waals surface area contributed by atoms with Gasteiger partial charge < -0.3 is 9.30 Å². The Morgan fingerprint density at radius 2 is 2.13 bits per heavy atom. The van der Waals surface area contributed by atoms with Crippen molar-refractivity contribution in [1.82, 2.24) is 14.5 Å². The molecule has 120 valence electrons. The Labute approximate surface area is 140 Å². The first kappa shape index (κ1) is 14.8. The van der Waals surface area contributed by atoms with Crippen LogP contribution >= 0.6 is 11.3 Å². The highest BCUT2D eigenvalue weighted by Crippen LogP contribution is 2.31. The molecule has 1 fully saturated rings. The monoisotopic (exact) mass is 327 g/mol. The summed E-state index contributed by atoms with van der Waals surface area (Å²) in [5, 5.41) is 3.34. The van der Waals surface area contributed by atoms with Gasteiger partial charge in [-0.1, -0.05) is 0 Å². The lowest BCUT2D eigenvalue weighted by atomic mass is 10.1. The van der Waals surface area contributed by atoms with Gasteiger partial charge in [-0.3, -0.25) is 0 Å². The fraction of sp³-hybridized carbons (Fsp3) is 0.444. The fourth-order valence-electron chi connectivity index (χ4n) is 3.16. The van der Waals surface area contributed by atoms with Crippen molar-refractivity contribution in [2.75, 3.05) is 13.2 Å². The zero-order chi connectivity index (χ0) is 16.0. The van der Waals surface area contributed by atoms with Gasteiger partial charge in [-0.2, -0.15) is 0 Å². The van der Waals surface area contributed by atoms with Crippen molar-refractivity contribution >= 4 is 22.4 Å². The zero-order valence-corrected chi connectivity index (χ0v) is 14.6. The number of imidazole rings is 1. The number of benzene rings is 1. The molecule has 1 saturated heterocycles. The van der Waals surface area contributed by atoms with Crippen LogP contribution in [0, 0.1) is 13.8 Å². The maximum Gasteiger partial charge on any atom is 0.116 e. The molecule has 0 bridgehead atoms. The van der Waals surface area contributed by atoms with Gasteiger partial charge in [0.15, 0.2) is 0 Å². The van der Waals surface area contributed by atoms with Gasteiger partial charge in [0.1, 0.15) is 5.01 Å². The van der Waals surface area contributed by atoms with Gasteiger partial charge in [-0.15, -0.1) is 11.3 Å². The molecular formula is C18H21N3OS. The number of nitrogens with zero attached hydrogens (tertiary/aromatic N) is 3. The van der Waals surface area contributed by atoms with Crippen molar-refractivity contribution < 1.29 is 4.74 Å². The first-order chi connectivity index (χ1) is 11.1. The van der Waals surface area contributed by atoms with Crippen molar-refractivity contribution in [3.8, 4) is 0 Å². The number of aryl methyl sites for hydroxylation is 2. The van der Waals surface area contributed by atoms with E-state index in [0.717, 1.165) is 30.2 Å². The third kappa shape index (κ3) is 2.58. The van der Waals surface area contributed by atoms with Crippen molar-refractivity contribution in [2.45, 2.75) is 39.2 Å². The van der Waals surface area contributed by atoms with E-state index >= 15 is 0 Å². The molecule has 0 unspecified atom stereocenters. The number of hydrogen-bond acceptors (Lipinski definition) is 4. The summed E-state index contributed by atoms with van der Waals surface area (Å²) < 4.78 is 7.72. The van der Waals surface area contributed by atoms with E-state index in [1.54, 1.807) is 11.3 Å². The molecule has 0 N–H and O–H groups in total. The smallest absolute Gasteiger partial charge is 0.116 e. The van der Waals surface area contributed by atoms with Crippen LogP contribution in [0.15, 0.2) is 23.8 Å². The molecule has 1 aliphatic rings. The average Bonchev–Trinajstić information content (AvgIpc) is 3.27. The van der Waals surface area contributed by atoms with Gasteiger partial charge in [0.2, 0.25) is 0 Å². The molecule has 5 heteroatoms. The van der Waals surface area contributed by atoms with Gasteiger partial charge in [0.25, 0.3) is 0 Å². The van der Waals surface area contributed by atoms with E-state index in [-0.39, 0.29) is 6.04 Å². The Balaban J connectivity index is 1.69. The Morgan fingerprint density at radius 1 is 1.30 bits per heavy atom. The number of fused-ring (bicyclic) bond motifs is 1. The third-order valence-corrected chi connectivity index (χ3v) is 5.89. The van der Waals surface area contributed by atoms with E-state index in [9.17, 15) is 0 Å². The predicted molar refractivity (Wildman–Crippen MR) is 93.3 cm³/mol. The summed E-state index contributed by atoms with van der Waals surface area (Å²) in [7, 11) is 0. The molecule has 1 aromatic carbocycles. The van der Waals surface area contributed by atoms with E-state index in [4.69, 9.17) is 9.72 Å². The van der Waals surface area contributed by atoms with E-state index in [2.05, 4.69) is 47.8 Å². The average molecular weight is 327 g/mol. The lowest BCUT2D eigenvalue weighted by Gasteiger charge is -2.12. The SMILES string of the molecule is Cc1cc2ncn([C@H](C)c3nc([C@@H]4CCOC4)cs3)c2cc1C. The number of hydrogen-bond donors (Lipinski definition) is 0. The van der Waals surface area contributed by atoms with Crippen molar-refractivity contribution in [1.29, 1.82) is 0 Å². The quantitative estimate of drug-likeness (QED) is 0.723. The van der Waals surface area contributed by atoms with Crippen LogP contribution in [0.25, 0.3) is 11.0 Å². The fourth-order valence-corrected chi connectivity index (χ4v) is 4.11. The summed E-state index contributed by atoms with van der Waals surface area (Å²) in [5.74, 6) is 0.469. The number of rotatable bonds is 3. The topological polar surface area (TPSA) is 39.9 Å². The summed E-state index contributed by atoms with van der Waals surface area (Å²) in [6.45, 7) is 8.15. The molecule has 0 radical (unpaired) electrons. The largest absolute Gasteiger partial charge is 0.381 e. The van der Waals surface area contributed by atoms with Crippen LogP contribution in [0.3, 0.4) is 0 Å². The molecule has 0 spiro atoms. The summed E-state index contributed by atoms with van der Waals surface area (Å²) in [4.78, 5) is 9.46. The van der Waals surface area contributed by atoms with E-state index in [1.807, 2.05) is 6.33 Å². The van der Waals surface area contributed by atoms with Crippen LogP contribution in [0.4, 0.5) is 0 Å². The zero-order valence-electron chi connectivity index (χ0n) is 13.7. The summed E-state index contributed by atoms with van der Waals surface area (Å²) >= 11 is 1.74. The Hall–Kier alpha value is -1.72. The summed E-state index contributed by atoms with van der Waals surface area (Å²) in [6.07, 6.45) is 3.03. The van der Waals surface area contributed by atoms with Crippen LogP contribution in [-0.2, 0) is 4.74 Å². The highest BCUT2D eigenvalue weighted by Gasteiger charge is 2.22. The normalized spacial score (nSPS) is 19.5. The highest BCUT2D eigenvalue weighted by atomic mass is 32.1. The Bertz CT molecular complexity index is 845. The van der Waals surface area contributed by atoms with Crippen molar-refractivity contribution in [2.24, 2.45) is 0 Å². The molecular weight excluding hydrogens is 306 g/mol. The Morgan fingerprint density at radius 3 is 2.91 bits per heavy atom. The molecule has 2 atom stereocenters. The summed E-state index contributed by atoms with van der Waals surface area (Å²) in [6, 6.07) is 4.59. The lowest BCUT2D eigenvalue weighted by Crippen LogP contribution is -2.06. The molecule has 4 rings (SSSR count). The van der Waals surface area contributed by atoms with Crippen LogP contribution in [0.1, 0.15) is 47.1 Å². The van der Waals surface area contributed by atoms with E-state index in [0.29, 0.717) is 5.92 Å². The van der Waals surface area contributed by atoms with Gasteiger partial charge in [-0.25, -0.2) is 9.97 Å². The highest BCUT2D eigenvalue weighted by molar-refractivity contribution is 7.09. The third-order valence-electron chi connectivity index (χ3n) is 4.85. The molecule has 3 heterocycles.